The van der Waals surface area contributed by atoms with Crippen LogP contribution >= 0.6 is 23.4 Å². The lowest BCUT2D eigenvalue weighted by Crippen LogP contribution is -2.50. The summed E-state index contributed by atoms with van der Waals surface area (Å²) in [6.07, 6.45) is 4.89. The van der Waals surface area contributed by atoms with Gasteiger partial charge in [0.25, 0.3) is 0 Å². The topological polar surface area (TPSA) is 39.7 Å². The minimum Gasteiger partial charge on any atom is -0.340 e. The van der Waals surface area contributed by atoms with Crippen LogP contribution in [0.4, 0.5) is 0 Å². The molecule has 3 aliphatic heterocycles. The van der Waals surface area contributed by atoms with Crippen molar-refractivity contribution in [3.63, 3.8) is 0 Å². The van der Waals surface area contributed by atoms with E-state index in [0.29, 0.717) is 18.2 Å². The summed E-state index contributed by atoms with van der Waals surface area (Å²) in [5.74, 6) is 1.78. The number of likely N-dealkylation sites (tertiary alicyclic amines) is 1. The van der Waals surface area contributed by atoms with Crippen LogP contribution in [0.2, 0.25) is 5.02 Å². The third kappa shape index (κ3) is 4.69. The number of hydrogen-bond donors (Lipinski definition) is 0. The molecule has 4 heterocycles. The summed E-state index contributed by atoms with van der Waals surface area (Å²) in [6, 6.07) is 10.6. The average molecular weight is 471 g/mol. The van der Waals surface area contributed by atoms with Crippen molar-refractivity contribution < 1.29 is 4.79 Å². The van der Waals surface area contributed by atoms with Crippen LogP contribution in [-0.4, -0.2) is 71.9 Å². The first-order valence-electron chi connectivity index (χ1n) is 11.6. The molecular formula is C25H31ClN4OS. The second kappa shape index (κ2) is 9.72. The van der Waals surface area contributed by atoms with Gasteiger partial charge in [0.05, 0.1) is 11.7 Å². The molecule has 1 aromatic carbocycles. The first-order valence-corrected chi connectivity index (χ1v) is 13.0. The molecule has 5 nitrogen and oxygen atoms in total. The van der Waals surface area contributed by atoms with E-state index >= 15 is 0 Å². The molecule has 1 amide bonds. The molecule has 2 aromatic rings. The first-order chi connectivity index (χ1) is 15.6. The number of benzene rings is 1. The van der Waals surface area contributed by atoms with E-state index in [2.05, 4.69) is 39.9 Å². The van der Waals surface area contributed by atoms with Gasteiger partial charge in [0.1, 0.15) is 0 Å². The third-order valence-electron chi connectivity index (χ3n) is 7.17. The number of piperazine rings is 1. The lowest BCUT2D eigenvalue weighted by atomic mass is 9.93. The van der Waals surface area contributed by atoms with Crippen molar-refractivity contribution in [1.82, 2.24) is 19.7 Å². The van der Waals surface area contributed by atoms with E-state index in [0.717, 1.165) is 68.6 Å². The minimum absolute atomic E-state index is 0.111. The molecule has 170 valence electrons. The maximum atomic E-state index is 13.0. The van der Waals surface area contributed by atoms with Gasteiger partial charge < -0.3 is 9.80 Å². The van der Waals surface area contributed by atoms with Gasteiger partial charge in [0.2, 0.25) is 5.91 Å². The largest absolute Gasteiger partial charge is 0.340 e. The van der Waals surface area contributed by atoms with E-state index < -0.39 is 0 Å². The van der Waals surface area contributed by atoms with Crippen molar-refractivity contribution in [3.8, 4) is 0 Å². The van der Waals surface area contributed by atoms with Crippen LogP contribution in [0.3, 0.4) is 0 Å². The van der Waals surface area contributed by atoms with E-state index in [4.69, 9.17) is 16.6 Å². The van der Waals surface area contributed by atoms with Crippen LogP contribution in [0.15, 0.2) is 41.4 Å². The molecule has 0 saturated carbocycles. The summed E-state index contributed by atoms with van der Waals surface area (Å²) in [5, 5.41) is 0.776. The Morgan fingerprint density at radius 1 is 1.12 bits per heavy atom. The highest BCUT2D eigenvalue weighted by atomic mass is 35.5. The number of pyridine rings is 1. The Morgan fingerprint density at radius 3 is 2.69 bits per heavy atom. The summed E-state index contributed by atoms with van der Waals surface area (Å²) >= 11 is 8.17. The molecule has 5 rings (SSSR count). The van der Waals surface area contributed by atoms with E-state index in [1.165, 1.54) is 16.0 Å². The van der Waals surface area contributed by atoms with Crippen LogP contribution in [0.25, 0.3) is 0 Å². The Kier molecular flexibility index (Phi) is 6.74. The van der Waals surface area contributed by atoms with Crippen molar-refractivity contribution in [2.45, 2.75) is 36.0 Å². The number of aromatic nitrogens is 1. The first kappa shape index (κ1) is 22.2. The van der Waals surface area contributed by atoms with Gasteiger partial charge in [0, 0.05) is 54.5 Å². The summed E-state index contributed by atoms with van der Waals surface area (Å²) in [6.45, 7) is 5.54. The lowest BCUT2D eigenvalue weighted by Gasteiger charge is -2.40. The monoisotopic (exact) mass is 470 g/mol. The Hall–Kier alpha value is -1.60. The highest BCUT2D eigenvalue weighted by molar-refractivity contribution is 7.98. The SMILES string of the molecule is CN1CCC(CC(=O)N2CCN(C3c4ccc(Cl)cc4SCc4cccnc43)CC2)CC1. The Morgan fingerprint density at radius 2 is 1.91 bits per heavy atom. The predicted molar refractivity (Wildman–Crippen MR) is 130 cm³/mol. The minimum atomic E-state index is 0.111. The molecule has 0 bridgehead atoms. The van der Waals surface area contributed by atoms with Crippen molar-refractivity contribution >= 4 is 29.3 Å². The fourth-order valence-corrected chi connectivity index (χ4v) is 6.57. The van der Waals surface area contributed by atoms with Crippen LogP contribution in [0.5, 0.6) is 0 Å². The normalized spacial score (nSPS) is 22.8. The fraction of sp³-hybridized carbons (Fsp3) is 0.520. The highest BCUT2D eigenvalue weighted by Gasteiger charge is 2.33. The van der Waals surface area contributed by atoms with Crippen molar-refractivity contribution in [1.29, 1.82) is 0 Å². The summed E-state index contributed by atoms with van der Waals surface area (Å²) in [7, 11) is 2.17. The summed E-state index contributed by atoms with van der Waals surface area (Å²) in [4.78, 5) is 26.0. The van der Waals surface area contributed by atoms with E-state index in [9.17, 15) is 4.79 Å². The number of carbonyl (C=O) groups is 1. The predicted octanol–water partition coefficient (Wildman–Crippen LogP) is 4.31. The molecule has 0 N–H and O–H groups in total. The van der Waals surface area contributed by atoms with Crippen LogP contribution in [0, 0.1) is 5.92 Å². The molecule has 2 fully saturated rings. The Labute approximate surface area is 200 Å². The maximum Gasteiger partial charge on any atom is 0.222 e. The molecule has 1 atom stereocenters. The highest BCUT2D eigenvalue weighted by Crippen LogP contribution is 2.42. The van der Waals surface area contributed by atoms with Gasteiger partial charge in [-0.2, -0.15) is 0 Å². The maximum absolute atomic E-state index is 13.0. The van der Waals surface area contributed by atoms with Crippen molar-refractivity contribution in [2.75, 3.05) is 46.3 Å². The molecule has 0 aliphatic carbocycles. The van der Waals surface area contributed by atoms with Gasteiger partial charge in [0.15, 0.2) is 0 Å². The second-order valence-electron chi connectivity index (χ2n) is 9.29. The zero-order chi connectivity index (χ0) is 22.1. The quantitative estimate of drug-likeness (QED) is 0.668. The number of nitrogens with zero attached hydrogens (tertiary/aromatic N) is 4. The van der Waals surface area contributed by atoms with Gasteiger partial charge in [-0.05, 0) is 68.2 Å². The standard InChI is InChI=1S/C25H31ClN4OS/c1-28-9-6-18(7-10-28)15-23(31)29-11-13-30(14-12-29)25-21-5-4-20(26)16-22(21)32-17-19-3-2-8-27-24(19)25/h2-5,8,16,18,25H,6-7,9-15,17H2,1H3. The molecular weight excluding hydrogens is 440 g/mol. The number of amides is 1. The van der Waals surface area contributed by atoms with Gasteiger partial charge in [-0.25, -0.2) is 0 Å². The van der Waals surface area contributed by atoms with E-state index in [1.807, 2.05) is 30.1 Å². The van der Waals surface area contributed by atoms with Crippen LogP contribution in [0.1, 0.15) is 42.1 Å². The number of halogens is 1. The van der Waals surface area contributed by atoms with Crippen LogP contribution in [-0.2, 0) is 10.5 Å². The van der Waals surface area contributed by atoms with Gasteiger partial charge in [-0.3, -0.25) is 14.7 Å². The molecule has 32 heavy (non-hydrogen) atoms. The van der Waals surface area contributed by atoms with Crippen molar-refractivity contribution in [2.24, 2.45) is 5.92 Å². The number of thioether (sulfide) groups is 1. The summed E-state index contributed by atoms with van der Waals surface area (Å²) in [5.41, 5.74) is 3.71. The molecule has 7 heteroatoms. The third-order valence-corrected chi connectivity index (χ3v) is 8.53. The number of carbonyl (C=O) groups excluding carboxylic acids is 1. The molecule has 2 saturated heterocycles. The van der Waals surface area contributed by atoms with Crippen molar-refractivity contribution in [3.05, 3.63) is 58.4 Å². The molecule has 3 aliphatic rings. The average Bonchev–Trinajstić information content (AvgIpc) is 2.97. The zero-order valence-electron chi connectivity index (χ0n) is 18.7. The number of hydrogen-bond acceptors (Lipinski definition) is 5. The van der Waals surface area contributed by atoms with Gasteiger partial charge in [-0.15, -0.1) is 11.8 Å². The summed E-state index contributed by atoms with van der Waals surface area (Å²) < 4.78 is 0. The Bertz CT molecular complexity index is 970. The Balaban J connectivity index is 1.30. The smallest absolute Gasteiger partial charge is 0.222 e. The molecule has 0 radical (unpaired) electrons. The fourth-order valence-electron chi connectivity index (χ4n) is 5.22. The number of piperidine rings is 1. The van der Waals surface area contributed by atoms with E-state index in [1.54, 1.807) is 0 Å². The molecule has 0 spiro atoms. The lowest BCUT2D eigenvalue weighted by molar-refractivity contribution is -0.134. The molecule has 1 aromatic heterocycles. The molecule has 1 unspecified atom stereocenters. The number of fused-ring (bicyclic) bond motifs is 2. The van der Waals surface area contributed by atoms with E-state index in [-0.39, 0.29) is 6.04 Å². The number of rotatable bonds is 3. The zero-order valence-corrected chi connectivity index (χ0v) is 20.2. The van der Waals surface area contributed by atoms with Gasteiger partial charge >= 0.3 is 0 Å². The van der Waals surface area contributed by atoms with Crippen LogP contribution < -0.4 is 0 Å². The second-order valence-corrected chi connectivity index (χ2v) is 10.7. The van der Waals surface area contributed by atoms with Gasteiger partial charge in [-0.1, -0.05) is 23.7 Å².